The SMILES string of the molecule is COC(=O)c1sc(Cl)nc1-c1csc(N)n1. The number of esters is 1. The molecule has 0 amide bonds. The Kier molecular flexibility index (Phi) is 3.08. The molecule has 84 valence electrons. The number of ether oxygens (including phenoxy) is 1. The first-order chi connectivity index (χ1) is 7.61. The number of carbonyl (C=O) groups is 1. The quantitative estimate of drug-likeness (QED) is 0.851. The highest BCUT2D eigenvalue weighted by atomic mass is 35.5. The minimum Gasteiger partial charge on any atom is -0.465 e. The molecule has 0 saturated heterocycles. The first kappa shape index (κ1) is 11.3. The van der Waals surface area contributed by atoms with E-state index >= 15 is 0 Å². The Morgan fingerprint density at radius 3 is 2.88 bits per heavy atom. The number of aromatic nitrogens is 2. The fraction of sp³-hybridized carbons (Fsp3) is 0.125. The monoisotopic (exact) mass is 275 g/mol. The predicted octanol–water partition coefficient (Wildman–Crippen LogP) is 2.29. The van der Waals surface area contributed by atoms with Gasteiger partial charge in [0, 0.05) is 5.38 Å². The second kappa shape index (κ2) is 4.36. The van der Waals surface area contributed by atoms with E-state index in [4.69, 9.17) is 17.3 Å². The molecule has 2 N–H and O–H groups in total. The van der Waals surface area contributed by atoms with Gasteiger partial charge >= 0.3 is 5.97 Å². The van der Waals surface area contributed by atoms with Crippen LogP contribution in [0.4, 0.5) is 5.13 Å². The number of hydrogen-bond donors (Lipinski definition) is 1. The molecule has 0 radical (unpaired) electrons. The van der Waals surface area contributed by atoms with E-state index in [1.165, 1.54) is 18.4 Å². The van der Waals surface area contributed by atoms with Gasteiger partial charge in [-0.05, 0) is 0 Å². The van der Waals surface area contributed by atoms with Crippen LogP contribution in [-0.2, 0) is 4.74 Å². The molecule has 2 heterocycles. The van der Waals surface area contributed by atoms with Gasteiger partial charge in [0.1, 0.15) is 16.3 Å². The summed E-state index contributed by atoms with van der Waals surface area (Å²) < 4.78 is 4.90. The second-order valence-electron chi connectivity index (χ2n) is 2.71. The molecule has 0 aromatic carbocycles. The molecule has 8 heteroatoms. The van der Waals surface area contributed by atoms with Gasteiger partial charge < -0.3 is 10.5 Å². The molecule has 16 heavy (non-hydrogen) atoms. The van der Waals surface area contributed by atoms with Gasteiger partial charge in [-0.1, -0.05) is 22.9 Å². The largest absolute Gasteiger partial charge is 0.465 e. The topological polar surface area (TPSA) is 78.1 Å². The fourth-order valence-electron chi connectivity index (χ4n) is 1.10. The van der Waals surface area contributed by atoms with Crippen LogP contribution < -0.4 is 5.73 Å². The number of thiazole rings is 2. The Hall–Kier alpha value is -1.18. The van der Waals surface area contributed by atoms with Gasteiger partial charge in [-0.15, -0.1) is 11.3 Å². The molecule has 0 atom stereocenters. The van der Waals surface area contributed by atoms with E-state index in [9.17, 15) is 4.79 Å². The molecule has 2 aromatic heterocycles. The van der Waals surface area contributed by atoms with E-state index in [0.717, 1.165) is 11.3 Å². The Balaban J connectivity index is 2.52. The van der Waals surface area contributed by atoms with E-state index in [1.54, 1.807) is 5.38 Å². The smallest absolute Gasteiger partial charge is 0.350 e. The molecular weight excluding hydrogens is 270 g/mol. The molecule has 0 saturated carbocycles. The van der Waals surface area contributed by atoms with E-state index in [1.807, 2.05) is 0 Å². The predicted molar refractivity (Wildman–Crippen MR) is 64.0 cm³/mol. The molecule has 0 aliphatic heterocycles. The van der Waals surface area contributed by atoms with Crippen molar-refractivity contribution in [1.82, 2.24) is 9.97 Å². The van der Waals surface area contributed by atoms with Gasteiger partial charge in [-0.25, -0.2) is 14.8 Å². The van der Waals surface area contributed by atoms with E-state index < -0.39 is 5.97 Å². The summed E-state index contributed by atoms with van der Waals surface area (Å²) in [5.41, 5.74) is 6.46. The number of methoxy groups -OCH3 is 1. The molecule has 0 unspecified atom stereocenters. The highest BCUT2D eigenvalue weighted by molar-refractivity contribution is 7.18. The fourth-order valence-corrected chi connectivity index (χ4v) is 2.68. The van der Waals surface area contributed by atoms with Crippen LogP contribution in [0.2, 0.25) is 4.47 Å². The molecule has 0 aliphatic rings. The van der Waals surface area contributed by atoms with Crippen LogP contribution in [-0.4, -0.2) is 23.0 Å². The molecule has 0 bridgehead atoms. The number of nitrogens with two attached hydrogens (primary N) is 1. The van der Waals surface area contributed by atoms with Crippen LogP contribution in [0.1, 0.15) is 9.67 Å². The van der Waals surface area contributed by atoms with E-state index in [2.05, 4.69) is 14.7 Å². The normalized spacial score (nSPS) is 10.4. The van der Waals surface area contributed by atoms with Crippen LogP contribution in [0.5, 0.6) is 0 Å². The first-order valence-corrected chi connectivity index (χ1v) is 6.15. The van der Waals surface area contributed by atoms with Crippen molar-refractivity contribution in [3.05, 3.63) is 14.7 Å². The second-order valence-corrected chi connectivity index (χ2v) is 5.18. The highest BCUT2D eigenvalue weighted by Crippen LogP contribution is 2.32. The van der Waals surface area contributed by atoms with Gasteiger partial charge in [-0.2, -0.15) is 0 Å². The summed E-state index contributed by atoms with van der Waals surface area (Å²) in [5.74, 6) is -0.481. The van der Waals surface area contributed by atoms with Gasteiger partial charge in [0.25, 0.3) is 0 Å². The third kappa shape index (κ3) is 2.01. The molecule has 2 aromatic rings. The Morgan fingerprint density at radius 2 is 2.31 bits per heavy atom. The van der Waals surface area contributed by atoms with Crippen molar-refractivity contribution in [3.8, 4) is 11.4 Å². The maximum absolute atomic E-state index is 11.5. The zero-order valence-electron chi connectivity index (χ0n) is 8.06. The molecule has 0 aliphatic carbocycles. The standard InChI is InChI=1S/C8H6ClN3O2S2/c1-14-6(13)5-4(12-7(9)16-5)3-2-15-8(10)11-3/h2H,1H3,(H2,10,11). The lowest BCUT2D eigenvalue weighted by molar-refractivity contribution is 0.0607. The third-order valence-corrected chi connectivity index (χ3v) is 3.55. The highest BCUT2D eigenvalue weighted by Gasteiger charge is 2.21. The number of halogens is 1. The van der Waals surface area contributed by atoms with Gasteiger partial charge in [-0.3, -0.25) is 0 Å². The average molecular weight is 276 g/mol. The summed E-state index contributed by atoms with van der Waals surface area (Å²) in [5, 5.41) is 2.13. The lowest BCUT2D eigenvalue weighted by Gasteiger charge is -1.96. The minimum atomic E-state index is -0.481. The molecule has 5 nitrogen and oxygen atoms in total. The van der Waals surface area contributed by atoms with Crippen LogP contribution in [0, 0.1) is 0 Å². The van der Waals surface area contributed by atoms with Crippen LogP contribution in [0.15, 0.2) is 5.38 Å². The van der Waals surface area contributed by atoms with Gasteiger partial charge in [0.2, 0.25) is 0 Å². The number of anilines is 1. The number of nitrogen functional groups attached to an aromatic ring is 1. The summed E-state index contributed by atoms with van der Waals surface area (Å²) in [6, 6.07) is 0. The molecule has 0 spiro atoms. The summed E-state index contributed by atoms with van der Waals surface area (Å²) in [6.07, 6.45) is 0. The van der Waals surface area contributed by atoms with Crippen molar-refractivity contribution in [3.63, 3.8) is 0 Å². The molecule has 0 fully saturated rings. The Labute approximate surface area is 104 Å². The number of nitrogens with zero attached hydrogens (tertiary/aromatic N) is 2. The molecular formula is C8H6ClN3O2S2. The van der Waals surface area contributed by atoms with Crippen LogP contribution in [0.3, 0.4) is 0 Å². The Bertz CT molecular complexity index is 537. The van der Waals surface area contributed by atoms with E-state index in [0.29, 0.717) is 21.4 Å². The van der Waals surface area contributed by atoms with Crippen molar-refractivity contribution < 1.29 is 9.53 Å². The van der Waals surface area contributed by atoms with Crippen molar-refractivity contribution in [2.24, 2.45) is 0 Å². The summed E-state index contributed by atoms with van der Waals surface area (Å²) in [4.78, 5) is 19.9. The van der Waals surface area contributed by atoms with Gasteiger partial charge in [0.15, 0.2) is 9.60 Å². The summed E-state index contributed by atoms with van der Waals surface area (Å²) >= 11 is 8.09. The number of rotatable bonds is 2. The number of hydrogen-bond acceptors (Lipinski definition) is 7. The zero-order valence-corrected chi connectivity index (χ0v) is 10.4. The Morgan fingerprint density at radius 1 is 1.56 bits per heavy atom. The van der Waals surface area contributed by atoms with Crippen molar-refractivity contribution >= 4 is 45.4 Å². The van der Waals surface area contributed by atoms with Gasteiger partial charge in [0.05, 0.1) is 7.11 Å². The van der Waals surface area contributed by atoms with E-state index in [-0.39, 0.29) is 4.47 Å². The average Bonchev–Trinajstić information content (AvgIpc) is 2.83. The lowest BCUT2D eigenvalue weighted by atomic mass is 10.3. The van der Waals surface area contributed by atoms with Crippen molar-refractivity contribution in [1.29, 1.82) is 0 Å². The van der Waals surface area contributed by atoms with Crippen LogP contribution >= 0.6 is 34.3 Å². The zero-order chi connectivity index (χ0) is 11.7. The minimum absolute atomic E-state index is 0.266. The third-order valence-electron chi connectivity index (χ3n) is 1.74. The maximum atomic E-state index is 11.5. The molecule has 2 rings (SSSR count). The van der Waals surface area contributed by atoms with Crippen molar-refractivity contribution in [2.45, 2.75) is 0 Å². The summed E-state index contributed by atoms with van der Waals surface area (Å²) in [7, 11) is 1.30. The van der Waals surface area contributed by atoms with Crippen molar-refractivity contribution in [2.75, 3.05) is 12.8 Å². The van der Waals surface area contributed by atoms with Crippen LogP contribution in [0.25, 0.3) is 11.4 Å². The maximum Gasteiger partial charge on any atom is 0.350 e. The summed E-state index contributed by atoms with van der Waals surface area (Å²) in [6.45, 7) is 0. The lowest BCUT2D eigenvalue weighted by Crippen LogP contribution is -2.00. The first-order valence-electron chi connectivity index (χ1n) is 4.08. The number of carbonyl (C=O) groups excluding carboxylic acids is 1.